The van der Waals surface area contributed by atoms with Crippen LogP contribution < -0.4 is 16.6 Å². The number of aromatic nitrogens is 3. The Morgan fingerprint density at radius 2 is 1.87 bits per heavy atom. The third kappa shape index (κ3) is 4.76. The van der Waals surface area contributed by atoms with E-state index in [1.54, 1.807) is 36.4 Å². The van der Waals surface area contributed by atoms with Crippen LogP contribution in [0, 0.1) is 0 Å². The lowest BCUT2D eigenvalue weighted by molar-refractivity contribution is 0.0849. The summed E-state index contributed by atoms with van der Waals surface area (Å²) in [6, 6.07) is 15.5. The molecule has 1 aromatic heterocycles. The van der Waals surface area contributed by atoms with Crippen molar-refractivity contribution in [2.75, 3.05) is 13.2 Å². The van der Waals surface area contributed by atoms with Crippen molar-refractivity contribution in [3.63, 3.8) is 0 Å². The van der Waals surface area contributed by atoms with Gasteiger partial charge in [0, 0.05) is 18.2 Å². The fourth-order valence-electron chi connectivity index (χ4n) is 3.41. The first-order valence-electron chi connectivity index (χ1n) is 9.97. The molecular weight excluding hydrogens is 420 g/mol. The van der Waals surface area contributed by atoms with Crippen LogP contribution in [-0.2, 0) is 11.3 Å². The second kappa shape index (κ2) is 9.28. The van der Waals surface area contributed by atoms with Gasteiger partial charge in [0.1, 0.15) is 0 Å². The third-order valence-electron chi connectivity index (χ3n) is 5.04. The number of nitrogens with zero attached hydrogens (tertiary/aromatic N) is 3. The van der Waals surface area contributed by atoms with Crippen molar-refractivity contribution in [1.82, 2.24) is 19.7 Å². The van der Waals surface area contributed by atoms with Crippen LogP contribution in [-0.4, -0.2) is 39.5 Å². The summed E-state index contributed by atoms with van der Waals surface area (Å²) in [7, 11) is 0. The van der Waals surface area contributed by atoms with Gasteiger partial charge in [0.25, 0.3) is 11.5 Å². The number of ether oxygens (including phenoxy) is 1. The van der Waals surface area contributed by atoms with Gasteiger partial charge in [0.15, 0.2) is 0 Å². The second-order valence-electron chi connectivity index (χ2n) is 7.24. The Balaban J connectivity index is 1.75. The second-order valence-corrected chi connectivity index (χ2v) is 7.68. The van der Waals surface area contributed by atoms with Crippen LogP contribution in [0.15, 0.2) is 64.2 Å². The van der Waals surface area contributed by atoms with Crippen molar-refractivity contribution in [1.29, 1.82) is 0 Å². The summed E-state index contributed by atoms with van der Waals surface area (Å²) in [5.41, 5.74) is -0.607. The zero-order valence-corrected chi connectivity index (χ0v) is 17.4. The van der Waals surface area contributed by atoms with Crippen molar-refractivity contribution in [2.45, 2.75) is 25.5 Å². The normalized spacial score (nSPS) is 15.7. The van der Waals surface area contributed by atoms with Gasteiger partial charge in [-0.1, -0.05) is 41.9 Å². The number of rotatable bonds is 6. The molecule has 160 valence electrons. The summed E-state index contributed by atoms with van der Waals surface area (Å²) in [4.78, 5) is 38.9. The maximum atomic E-state index is 13.1. The Hall–Kier alpha value is -3.23. The molecule has 4 rings (SSSR count). The molecule has 9 heteroatoms. The van der Waals surface area contributed by atoms with E-state index in [-0.39, 0.29) is 24.9 Å². The Morgan fingerprint density at radius 1 is 1.13 bits per heavy atom. The fraction of sp³-hybridized carbons (Fsp3) is 0.273. The van der Waals surface area contributed by atoms with Gasteiger partial charge in [-0.3, -0.25) is 14.2 Å². The number of hydrogen-bond acceptors (Lipinski definition) is 5. The topological polar surface area (TPSA) is 95.2 Å². The number of amides is 1. The molecule has 1 saturated heterocycles. The van der Waals surface area contributed by atoms with E-state index in [9.17, 15) is 14.4 Å². The lowest BCUT2D eigenvalue weighted by atomic mass is 10.2. The van der Waals surface area contributed by atoms with Gasteiger partial charge in [-0.25, -0.2) is 4.79 Å². The maximum Gasteiger partial charge on any atom is 0.352 e. The minimum atomic E-state index is -0.746. The Morgan fingerprint density at radius 3 is 2.55 bits per heavy atom. The minimum absolute atomic E-state index is 0.0145. The fourth-order valence-corrected chi connectivity index (χ4v) is 3.53. The largest absolute Gasteiger partial charge is 0.376 e. The van der Waals surface area contributed by atoms with Crippen molar-refractivity contribution in [2.24, 2.45) is 0 Å². The molecular formula is C22H21ClN4O4. The number of benzene rings is 2. The first-order valence-corrected chi connectivity index (χ1v) is 10.3. The molecule has 1 aliphatic rings. The summed E-state index contributed by atoms with van der Waals surface area (Å²) in [5, 5.41) is 7.29. The molecule has 1 N–H and O–H groups in total. The lowest BCUT2D eigenvalue weighted by Gasteiger charge is -2.14. The number of halogens is 1. The SMILES string of the molecule is O=C(NCC1CCCO1)c1nn(-c2ccc(Cl)cc2)c(=O)n(Cc2ccccc2)c1=O. The van der Waals surface area contributed by atoms with E-state index in [1.165, 1.54) is 0 Å². The molecule has 31 heavy (non-hydrogen) atoms. The smallest absolute Gasteiger partial charge is 0.352 e. The molecule has 2 heterocycles. The predicted molar refractivity (Wildman–Crippen MR) is 116 cm³/mol. The molecule has 0 bridgehead atoms. The van der Waals surface area contributed by atoms with Crippen LogP contribution in [0.25, 0.3) is 5.69 Å². The molecule has 1 aliphatic heterocycles. The van der Waals surface area contributed by atoms with Crippen molar-refractivity contribution >= 4 is 17.5 Å². The highest BCUT2D eigenvalue weighted by Crippen LogP contribution is 2.12. The minimum Gasteiger partial charge on any atom is -0.376 e. The van der Waals surface area contributed by atoms with Crippen LogP contribution in [0.3, 0.4) is 0 Å². The van der Waals surface area contributed by atoms with Crippen LogP contribution in [0.5, 0.6) is 0 Å². The Labute approximate surface area is 183 Å². The van der Waals surface area contributed by atoms with Crippen LogP contribution in [0.2, 0.25) is 5.02 Å². The number of nitrogens with one attached hydrogen (secondary N) is 1. The quantitative estimate of drug-likeness (QED) is 0.632. The number of hydrogen-bond donors (Lipinski definition) is 1. The van der Waals surface area contributed by atoms with Crippen molar-refractivity contribution in [3.05, 3.63) is 91.7 Å². The molecule has 1 fully saturated rings. The van der Waals surface area contributed by atoms with E-state index in [0.29, 0.717) is 17.3 Å². The van der Waals surface area contributed by atoms with Gasteiger partial charge < -0.3 is 10.1 Å². The van der Waals surface area contributed by atoms with Gasteiger partial charge in [-0.05, 0) is 42.7 Å². The van der Waals surface area contributed by atoms with Gasteiger partial charge in [-0.2, -0.15) is 9.78 Å². The van der Waals surface area contributed by atoms with E-state index >= 15 is 0 Å². The zero-order valence-electron chi connectivity index (χ0n) is 16.7. The van der Waals surface area contributed by atoms with E-state index in [4.69, 9.17) is 16.3 Å². The summed E-state index contributed by atoms with van der Waals surface area (Å²) in [5.74, 6) is -0.648. The molecule has 1 amide bonds. The molecule has 1 atom stereocenters. The third-order valence-corrected chi connectivity index (χ3v) is 5.30. The summed E-state index contributed by atoms with van der Waals surface area (Å²) < 4.78 is 7.56. The zero-order chi connectivity index (χ0) is 21.8. The Bertz CT molecular complexity index is 1180. The van der Waals surface area contributed by atoms with E-state index in [2.05, 4.69) is 10.4 Å². The van der Waals surface area contributed by atoms with Crippen molar-refractivity contribution < 1.29 is 9.53 Å². The molecule has 0 saturated carbocycles. The lowest BCUT2D eigenvalue weighted by Crippen LogP contribution is -2.46. The number of carbonyl (C=O) groups excluding carboxylic acids is 1. The maximum absolute atomic E-state index is 13.1. The predicted octanol–water partition coefficient (Wildman–Crippen LogP) is 2.00. The Kier molecular flexibility index (Phi) is 6.29. The van der Waals surface area contributed by atoms with Gasteiger partial charge in [0.05, 0.1) is 18.3 Å². The van der Waals surface area contributed by atoms with E-state index in [0.717, 1.165) is 27.7 Å². The molecule has 8 nitrogen and oxygen atoms in total. The first-order chi connectivity index (χ1) is 15.0. The summed E-state index contributed by atoms with van der Waals surface area (Å²) in [6.45, 7) is 0.948. The molecule has 0 radical (unpaired) electrons. The molecule has 1 unspecified atom stereocenters. The first kappa shape index (κ1) is 21.0. The van der Waals surface area contributed by atoms with Crippen molar-refractivity contribution in [3.8, 4) is 5.69 Å². The van der Waals surface area contributed by atoms with E-state index < -0.39 is 17.2 Å². The van der Waals surface area contributed by atoms with Gasteiger partial charge in [0.2, 0.25) is 5.69 Å². The van der Waals surface area contributed by atoms with Gasteiger partial charge in [-0.15, -0.1) is 0 Å². The van der Waals surface area contributed by atoms with Gasteiger partial charge >= 0.3 is 5.69 Å². The molecule has 3 aromatic rings. The standard InChI is InChI=1S/C22H21ClN4O4/c23-16-8-10-17(11-9-16)27-22(30)26(14-15-5-2-1-3-6-15)21(29)19(25-27)20(28)24-13-18-7-4-12-31-18/h1-3,5-6,8-11,18H,4,7,12-14H2,(H,24,28). The summed E-state index contributed by atoms with van der Waals surface area (Å²) >= 11 is 5.95. The highest BCUT2D eigenvalue weighted by atomic mass is 35.5. The molecule has 0 spiro atoms. The monoisotopic (exact) mass is 440 g/mol. The molecule has 2 aromatic carbocycles. The van der Waals surface area contributed by atoms with Crippen LogP contribution >= 0.6 is 11.6 Å². The summed E-state index contributed by atoms with van der Waals surface area (Å²) in [6.07, 6.45) is 1.69. The van der Waals surface area contributed by atoms with E-state index in [1.807, 2.05) is 18.2 Å². The highest BCUT2D eigenvalue weighted by Gasteiger charge is 2.22. The highest BCUT2D eigenvalue weighted by molar-refractivity contribution is 6.30. The van der Waals surface area contributed by atoms with Crippen LogP contribution in [0.4, 0.5) is 0 Å². The molecule has 0 aliphatic carbocycles. The average molecular weight is 441 g/mol. The number of carbonyl (C=O) groups is 1. The average Bonchev–Trinajstić information content (AvgIpc) is 3.30. The van der Waals surface area contributed by atoms with Crippen LogP contribution in [0.1, 0.15) is 28.9 Å².